The number of fused-ring (bicyclic) bond motifs is 3. The van der Waals surface area contributed by atoms with Crippen LogP contribution in [0.5, 0.6) is 5.75 Å². The lowest BCUT2D eigenvalue weighted by molar-refractivity contribution is -0.143. The smallest absolute Gasteiger partial charge is 0.331 e. The van der Waals surface area contributed by atoms with Crippen LogP contribution in [-0.4, -0.2) is 41.9 Å². The quantitative estimate of drug-likeness (QED) is 0.618. The second kappa shape index (κ2) is 9.25. The molecule has 1 fully saturated rings. The zero-order valence-electron chi connectivity index (χ0n) is 19.5. The largest absolute Gasteiger partial charge is 0.483 e. The van der Waals surface area contributed by atoms with E-state index >= 15 is 0 Å². The van der Waals surface area contributed by atoms with Crippen LogP contribution in [0.3, 0.4) is 0 Å². The molecular weight excluding hydrogens is 420 g/mol. The minimum absolute atomic E-state index is 0.0365. The summed E-state index contributed by atoms with van der Waals surface area (Å²) in [6.07, 6.45) is 0.885. The number of esters is 1. The molecule has 1 saturated heterocycles. The number of nitrogens with zero attached hydrogens (tertiary/aromatic N) is 1. The fourth-order valence-corrected chi connectivity index (χ4v) is 4.55. The van der Waals surface area contributed by atoms with Crippen molar-refractivity contribution in [2.45, 2.75) is 52.8 Å². The Bertz CT molecular complexity index is 1090. The van der Waals surface area contributed by atoms with Gasteiger partial charge in [0.15, 0.2) is 6.61 Å². The fourth-order valence-electron chi connectivity index (χ4n) is 4.55. The molecule has 7 nitrogen and oxygen atoms in total. The first-order chi connectivity index (χ1) is 15.9. The highest BCUT2D eigenvalue weighted by Gasteiger charge is 2.53. The van der Waals surface area contributed by atoms with E-state index in [-0.39, 0.29) is 30.3 Å². The summed E-state index contributed by atoms with van der Waals surface area (Å²) >= 11 is 0. The molecule has 2 atom stereocenters. The number of carbonyl (C=O) groups excluding carboxylic acids is 3. The molecule has 2 aromatic carbocycles. The molecule has 0 saturated carbocycles. The number of hydrogen-bond donors (Lipinski definition) is 1. The Morgan fingerprint density at radius 1 is 1.15 bits per heavy atom. The van der Waals surface area contributed by atoms with Gasteiger partial charge in [-0.1, -0.05) is 45.9 Å². The Labute approximate surface area is 194 Å². The highest BCUT2D eigenvalue weighted by atomic mass is 16.6. The number of rotatable bonds is 8. The third-order valence-electron chi connectivity index (χ3n) is 6.15. The third kappa shape index (κ3) is 4.08. The first kappa shape index (κ1) is 22.8. The second-order valence-corrected chi connectivity index (χ2v) is 8.77. The first-order valence-electron chi connectivity index (χ1n) is 11.6. The van der Waals surface area contributed by atoms with Crippen molar-refractivity contribution in [2.75, 3.05) is 13.2 Å². The van der Waals surface area contributed by atoms with Gasteiger partial charge in [0, 0.05) is 17.7 Å². The predicted molar refractivity (Wildman–Crippen MR) is 124 cm³/mol. The Hall–Kier alpha value is -3.35. The minimum Gasteiger partial charge on any atom is -0.483 e. The molecule has 1 N–H and O–H groups in total. The second-order valence-electron chi connectivity index (χ2n) is 8.77. The summed E-state index contributed by atoms with van der Waals surface area (Å²) in [6.45, 7) is 8.44. The van der Waals surface area contributed by atoms with Crippen molar-refractivity contribution < 1.29 is 23.9 Å². The summed E-state index contributed by atoms with van der Waals surface area (Å²) in [5, 5.41) is 2.80. The van der Waals surface area contributed by atoms with E-state index in [0.29, 0.717) is 24.3 Å². The van der Waals surface area contributed by atoms with Crippen LogP contribution < -0.4 is 10.1 Å². The van der Waals surface area contributed by atoms with Crippen LogP contribution in [0.25, 0.3) is 11.1 Å². The lowest BCUT2D eigenvalue weighted by Crippen LogP contribution is -2.39. The van der Waals surface area contributed by atoms with Gasteiger partial charge in [-0.2, -0.15) is 0 Å². The molecule has 0 aromatic heterocycles. The molecule has 2 unspecified atom stereocenters. The van der Waals surface area contributed by atoms with Crippen molar-refractivity contribution in [1.29, 1.82) is 0 Å². The van der Waals surface area contributed by atoms with Gasteiger partial charge in [-0.05, 0) is 53.6 Å². The number of carbonyl (C=O) groups is 3. The van der Waals surface area contributed by atoms with Crippen LogP contribution in [0.4, 0.5) is 0 Å². The van der Waals surface area contributed by atoms with Gasteiger partial charge in [0.25, 0.3) is 11.8 Å². The summed E-state index contributed by atoms with van der Waals surface area (Å²) < 4.78 is 11.5. The first-order valence-corrected chi connectivity index (χ1v) is 11.6. The predicted octanol–water partition coefficient (Wildman–Crippen LogP) is 3.86. The third-order valence-corrected chi connectivity index (χ3v) is 6.15. The van der Waals surface area contributed by atoms with Crippen LogP contribution in [0, 0.1) is 5.92 Å². The molecule has 2 heterocycles. The summed E-state index contributed by atoms with van der Waals surface area (Å²) in [5.41, 5.74) is 4.02. The molecule has 0 spiro atoms. The van der Waals surface area contributed by atoms with Crippen LogP contribution in [0.1, 0.15) is 61.8 Å². The summed E-state index contributed by atoms with van der Waals surface area (Å²) in [5.74, 6) is -0.0595. The number of aryl methyl sites for hydroxylation is 1. The lowest BCUT2D eigenvalue weighted by atomic mass is 9.94. The Morgan fingerprint density at radius 3 is 2.61 bits per heavy atom. The number of nitrogens with one attached hydrogen (secondary N) is 1. The van der Waals surface area contributed by atoms with E-state index in [2.05, 4.69) is 5.32 Å². The molecular formula is C26H30N2O5. The molecule has 174 valence electrons. The SMILES string of the molecule is CCCNC(=O)COc1ccc(-c2cccc3c2C2OC(=O)C(C(C)C)N2C3=O)cc1CC. The van der Waals surface area contributed by atoms with Gasteiger partial charge in [0.2, 0.25) is 6.23 Å². The minimum atomic E-state index is -0.702. The maximum atomic E-state index is 13.2. The normalized spacial score (nSPS) is 18.9. The number of hydrogen-bond acceptors (Lipinski definition) is 5. The highest BCUT2D eigenvalue weighted by Crippen LogP contribution is 2.47. The van der Waals surface area contributed by atoms with Gasteiger partial charge in [0.1, 0.15) is 11.8 Å². The van der Waals surface area contributed by atoms with E-state index in [0.717, 1.165) is 28.7 Å². The fraction of sp³-hybridized carbons (Fsp3) is 0.423. The monoisotopic (exact) mass is 450 g/mol. The van der Waals surface area contributed by atoms with Crippen molar-refractivity contribution >= 4 is 17.8 Å². The zero-order valence-corrected chi connectivity index (χ0v) is 19.5. The average molecular weight is 451 g/mol. The van der Waals surface area contributed by atoms with Crippen LogP contribution in [-0.2, 0) is 20.7 Å². The van der Waals surface area contributed by atoms with E-state index in [9.17, 15) is 14.4 Å². The van der Waals surface area contributed by atoms with Gasteiger partial charge in [0.05, 0.1) is 0 Å². The van der Waals surface area contributed by atoms with Crippen molar-refractivity contribution in [1.82, 2.24) is 10.2 Å². The highest BCUT2D eigenvalue weighted by molar-refractivity contribution is 6.04. The molecule has 33 heavy (non-hydrogen) atoms. The Morgan fingerprint density at radius 2 is 1.91 bits per heavy atom. The van der Waals surface area contributed by atoms with E-state index in [1.807, 2.05) is 58.0 Å². The van der Waals surface area contributed by atoms with Crippen molar-refractivity contribution in [3.05, 3.63) is 53.1 Å². The Kier molecular flexibility index (Phi) is 6.40. The molecule has 2 aromatic rings. The average Bonchev–Trinajstić information content (AvgIpc) is 3.29. The molecule has 4 rings (SSSR count). The van der Waals surface area contributed by atoms with Gasteiger partial charge < -0.3 is 14.8 Å². The van der Waals surface area contributed by atoms with E-state index in [4.69, 9.17) is 9.47 Å². The van der Waals surface area contributed by atoms with E-state index < -0.39 is 12.3 Å². The van der Waals surface area contributed by atoms with E-state index in [1.165, 1.54) is 0 Å². The zero-order chi connectivity index (χ0) is 23.7. The summed E-state index contributed by atoms with van der Waals surface area (Å²) in [7, 11) is 0. The van der Waals surface area contributed by atoms with Gasteiger partial charge in [-0.15, -0.1) is 0 Å². The van der Waals surface area contributed by atoms with Crippen molar-refractivity contribution in [3.63, 3.8) is 0 Å². The lowest BCUT2D eigenvalue weighted by Gasteiger charge is -2.22. The molecule has 7 heteroatoms. The van der Waals surface area contributed by atoms with Gasteiger partial charge >= 0.3 is 5.97 Å². The standard InChI is InChI=1S/C26H30N2O5/c1-5-12-27-21(29)14-32-20-11-10-17(13-16(20)6-2)18-8-7-9-19-22(18)25-28(24(19)30)23(15(3)4)26(31)33-25/h7-11,13,15,23,25H,5-6,12,14H2,1-4H3,(H,27,29). The molecule has 2 aliphatic heterocycles. The molecule has 2 amide bonds. The topological polar surface area (TPSA) is 84.9 Å². The molecule has 0 aliphatic carbocycles. The molecule has 2 aliphatic rings. The van der Waals surface area contributed by atoms with Crippen LogP contribution in [0.2, 0.25) is 0 Å². The maximum Gasteiger partial charge on any atom is 0.331 e. The number of benzene rings is 2. The van der Waals surface area contributed by atoms with Crippen LogP contribution >= 0.6 is 0 Å². The summed E-state index contributed by atoms with van der Waals surface area (Å²) in [4.78, 5) is 39.2. The molecule has 0 radical (unpaired) electrons. The summed E-state index contributed by atoms with van der Waals surface area (Å²) in [6, 6.07) is 10.8. The van der Waals surface area contributed by atoms with Crippen molar-refractivity contribution in [2.24, 2.45) is 5.92 Å². The Balaban J connectivity index is 1.65. The van der Waals surface area contributed by atoms with E-state index in [1.54, 1.807) is 11.0 Å². The maximum absolute atomic E-state index is 13.2. The van der Waals surface area contributed by atoms with Gasteiger partial charge in [-0.3, -0.25) is 14.5 Å². The van der Waals surface area contributed by atoms with Crippen molar-refractivity contribution in [3.8, 4) is 16.9 Å². The van der Waals surface area contributed by atoms with Gasteiger partial charge in [-0.25, -0.2) is 4.79 Å². The molecule has 0 bridgehead atoms. The number of amides is 2. The van der Waals surface area contributed by atoms with Crippen LogP contribution in [0.15, 0.2) is 36.4 Å². The number of ether oxygens (including phenoxy) is 2.